The van der Waals surface area contributed by atoms with E-state index in [4.69, 9.17) is 5.84 Å². The highest BCUT2D eigenvalue weighted by Gasteiger charge is 2.24. The van der Waals surface area contributed by atoms with Gasteiger partial charge in [-0.3, -0.25) is 9.59 Å². The zero-order valence-electron chi connectivity index (χ0n) is 18.7. The molecule has 0 atom stereocenters. The number of aromatic nitrogens is 5. The van der Waals surface area contributed by atoms with Crippen molar-refractivity contribution in [2.45, 2.75) is 25.9 Å². The normalized spacial score (nSPS) is 14.1. The third-order valence-electron chi connectivity index (χ3n) is 5.50. The number of carbonyl (C=O) groups excluding carboxylic acids is 2. The van der Waals surface area contributed by atoms with Crippen molar-refractivity contribution in [2.24, 2.45) is 0 Å². The van der Waals surface area contributed by atoms with Crippen molar-refractivity contribution in [2.75, 3.05) is 42.7 Å². The lowest BCUT2D eigenvalue weighted by atomic mass is 10.1. The maximum Gasteiger partial charge on any atom is 0.271 e. The Labute approximate surface area is 194 Å². The molecule has 33 heavy (non-hydrogen) atoms. The summed E-state index contributed by atoms with van der Waals surface area (Å²) in [5, 5.41) is 13.0. The molecule has 1 aromatic carbocycles. The first-order valence-electron chi connectivity index (χ1n) is 10.4. The maximum atomic E-state index is 14.4. The second kappa shape index (κ2) is 9.22. The summed E-state index contributed by atoms with van der Waals surface area (Å²) in [7, 11) is 0. The fourth-order valence-corrected chi connectivity index (χ4v) is 4.49. The fraction of sp³-hybridized carbons (Fsp3) is 0.381. The van der Waals surface area contributed by atoms with Gasteiger partial charge >= 0.3 is 0 Å². The maximum absolute atomic E-state index is 14.4. The van der Waals surface area contributed by atoms with E-state index < -0.39 is 5.82 Å². The van der Waals surface area contributed by atoms with Crippen LogP contribution in [0, 0.1) is 19.7 Å². The molecule has 2 aromatic heterocycles. The number of aryl methyl sites for hydroxylation is 2. The summed E-state index contributed by atoms with van der Waals surface area (Å²) < 4.78 is 17.4. The molecule has 3 aromatic rings. The fourth-order valence-electron chi connectivity index (χ4n) is 3.74. The Morgan fingerprint density at radius 1 is 1.12 bits per heavy atom. The smallest absolute Gasteiger partial charge is 0.271 e. The van der Waals surface area contributed by atoms with Gasteiger partial charge in [0.1, 0.15) is 5.82 Å². The number of nitrogens with zero attached hydrogens (tertiary/aromatic N) is 7. The molecule has 0 aliphatic carbocycles. The lowest BCUT2D eigenvalue weighted by Gasteiger charge is -2.36. The molecule has 1 fully saturated rings. The van der Waals surface area contributed by atoms with Crippen molar-refractivity contribution in [1.29, 1.82) is 0 Å². The molecule has 1 saturated heterocycles. The van der Waals surface area contributed by atoms with E-state index in [2.05, 4.69) is 15.3 Å². The molecule has 12 heteroatoms. The number of halogens is 1. The second-order valence-electron chi connectivity index (χ2n) is 7.87. The number of hydrogen-bond donors (Lipinski definition) is 1. The van der Waals surface area contributed by atoms with Crippen LogP contribution >= 0.6 is 11.8 Å². The summed E-state index contributed by atoms with van der Waals surface area (Å²) in [6.07, 6.45) is 0. The van der Waals surface area contributed by atoms with Crippen LogP contribution in [0.25, 0.3) is 5.95 Å². The van der Waals surface area contributed by atoms with Gasteiger partial charge < -0.3 is 15.6 Å². The summed E-state index contributed by atoms with van der Waals surface area (Å²) in [5.41, 5.74) is 2.50. The Hall–Kier alpha value is -3.41. The Kier molecular flexibility index (Phi) is 6.36. The second-order valence-corrected chi connectivity index (χ2v) is 8.81. The van der Waals surface area contributed by atoms with Crippen LogP contribution in [0.5, 0.6) is 0 Å². The van der Waals surface area contributed by atoms with E-state index in [1.807, 2.05) is 24.8 Å². The van der Waals surface area contributed by atoms with Gasteiger partial charge in [-0.05, 0) is 45.0 Å². The lowest BCUT2D eigenvalue weighted by molar-refractivity contribution is -0.128. The Morgan fingerprint density at radius 2 is 1.85 bits per heavy atom. The van der Waals surface area contributed by atoms with Crippen LogP contribution in [0.3, 0.4) is 0 Å². The van der Waals surface area contributed by atoms with Crippen LogP contribution in [0.2, 0.25) is 0 Å². The van der Waals surface area contributed by atoms with Gasteiger partial charge in [-0.2, -0.15) is 5.10 Å². The Morgan fingerprint density at radius 3 is 2.45 bits per heavy atom. The summed E-state index contributed by atoms with van der Waals surface area (Å²) in [6, 6.07) is 6.41. The van der Waals surface area contributed by atoms with E-state index in [-0.39, 0.29) is 17.4 Å². The highest BCUT2D eigenvalue weighted by atomic mass is 32.2. The molecule has 0 spiro atoms. The average Bonchev–Trinajstić information content (AvgIpc) is 3.32. The van der Waals surface area contributed by atoms with Crippen LogP contribution in [0.15, 0.2) is 29.4 Å². The number of rotatable bonds is 6. The van der Waals surface area contributed by atoms with Gasteiger partial charge in [0, 0.05) is 37.4 Å². The minimum absolute atomic E-state index is 0.0530. The van der Waals surface area contributed by atoms with Gasteiger partial charge in [0.05, 0.1) is 17.1 Å². The molecule has 10 nitrogen and oxygen atoms in total. The van der Waals surface area contributed by atoms with Gasteiger partial charge in [-0.1, -0.05) is 11.8 Å². The number of nitrogen functional groups attached to an aromatic ring is 1. The number of Topliss-reactive ketones (excluding diaryl/α,β-unsaturated/α-hetero) is 1. The third-order valence-corrected chi connectivity index (χ3v) is 6.43. The largest absolute Gasteiger partial charge is 0.366 e. The van der Waals surface area contributed by atoms with E-state index in [1.165, 1.54) is 29.4 Å². The number of nitrogens with two attached hydrogens (primary N) is 1. The molecule has 2 N–H and O–H groups in total. The SMILES string of the molecule is CC(=O)c1ccc(N2CCN(C(=O)CSc3nnc(-n4nc(C)cc4C)n3N)CC2)c(F)c1. The summed E-state index contributed by atoms with van der Waals surface area (Å²) in [6.45, 7) is 7.13. The molecular formula is C21H25FN8O2S. The van der Waals surface area contributed by atoms with Crippen LogP contribution in [0.4, 0.5) is 10.1 Å². The summed E-state index contributed by atoms with van der Waals surface area (Å²) in [5.74, 6) is 6.00. The number of carbonyl (C=O) groups is 2. The van der Waals surface area contributed by atoms with E-state index >= 15 is 0 Å². The Bertz CT molecular complexity index is 1200. The van der Waals surface area contributed by atoms with Crippen molar-refractivity contribution >= 4 is 29.1 Å². The first-order chi connectivity index (χ1) is 15.7. The van der Waals surface area contributed by atoms with Crippen LogP contribution in [-0.4, -0.2) is 73.2 Å². The van der Waals surface area contributed by atoms with Crippen molar-refractivity contribution in [1.82, 2.24) is 29.6 Å². The topological polar surface area (TPSA) is 115 Å². The molecule has 0 unspecified atom stereocenters. The highest BCUT2D eigenvalue weighted by molar-refractivity contribution is 7.99. The quantitative estimate of drug-likeness (QED) is 0.327. The lowest BCUT2D eigenvalue weighted by Crippen LogP contribution is -2.49. The number of thioether (sulfide) groups is 1. The van der Waals surface area contributed by atoms with Crippen LogP contribution < -0.4 is 10.7 Å². The summed E-state index contributed by atoms with van der Waals surface area (Å²) >= 11 is 1.21. The van der Waals surface area contributed by atoms with E-state index in [9.17, 15) is 14.0 Å². The van der Waals surface area contributed by atoms with Gasteiger partial charge in [0.25, 0.3) is 5.95 Å². The zero-order valence-corrected chi connectivity index (χ0v) is 19.5. The van der Waals surface area contributed by atoms with Crippen LogP contribution in [-0.2, 0) is 4.79 Å². The van der Waals surface area contributed by atoms with Crippen molar-refractivity contribution < 1.29 is 14.0 Å². The molecule has 4 rings (SSSR count). The van der Waals surface area contributed by atoms with Gasteiger partial charge in [-0.15, -0.1) is 10.2 Å². The third kappa shape index (κ3) is 4.70. The molecule has 1 aliphatic heterocycles. The number of hydrogen-bond acceptors (Lipinski definition) is 8. The zero-order chi connectivity index (χ0) is 23.7. The molecular weight excluding hydrogens is 447 g/mol. The predicted molar refractivity (Wildman–Crippen MR) is 123 cm³/mol. The number of ketones is 1. The van der Waals surface area contributed by atoms with Crippen molar-refractivity contribution in [3.05, 3.63) is 47.0 Å². The van der Waals surface area contributed by atoms with Gasteiger partial charge in [-0.25, -0.2) is 13.7 Å². The van der Waals surface area contributed by atoms with Crippen molar-refractivity contribution in [3.8, 4) is 5.95 Å². The molecule has 174 valence electrons. The number of benzene rings is 1. The van der Waals surface area contributed by atoms with E-state index in [0.29, 0.717) is 48.5 Å². The minimum Gasteiger partial charge on any atom is -0.366 e. The van der Waals surface area contributed by atoms with Gasteiger partial charge in [0.2, 0.25) is 11.1 Å². The first-order valence-corrected chi connectivity index (χ1v) is 11.4. The highest BCUT2D eigenvalue weighted by Crippen LogP contribution is 2.23. The average molecular weight is 473 g/mol. The summed E-state index contributed by atoms with van der Waals surface area (Å²) in [4.78, 5) is 27.8. The number of anilines is 1. The minimum atomic E-state index is -0.432. The molecule has 1 aliphatic rings. The molecule has 3 heterocycles. The predicted octanol–water partition coefficient (Wildman–Crippen LogP) is 1.58. The molecule has 0 bridgehead atoms. The standard InChI is InChI=1S/C21H25FN8O2S/c1-13-10-14(2)30(26-13)20-24-25-21(29(20)23)33-12-19(32)28-8-6-27(7-9-28)18-5-4-16(15(3)31)11-17(18)22/h4-5,10-11H,6-9,12,23H2,1-3H3. The molecule has 0 saturated carbocycles. The molecule has 1 amide bonds. The number of amides is 1. The van der Waals surface area contributed by atoms with Gasteiger partial charge in [0.15, 0.2) is 5.78 Å². The van der Waals surface area contributed by atoms with Crippen molar-refractivity contribution in [3.63, 3.8) is 0 Å². The number of piperazine rings is 1. The monoisotopic (exact) mass is 472 g/mol. The first kappa shape index (κ1) is 22.8. The van der Waals surface area contributed by atoms with E-state index in [1.54, 1.807) is 21.7 Å². The van der Waals surface area contributed by atoms with Crippen LogP contribution in [0.1, 0.15) is 28.7 Å². The Balaban J connectivity index is 1.33. The van der Waals surface area contributed by atoms with E-state index in [0.717, 1.165) is 11.4 Å². The molecule has 0 radical (unpaired) electrons.